The number of ether oxygens (including phenoxy) is 3. The zero-order valence-electron chi connectivity index (χ0n) is 22.3. The molecule has 6 aromatic rings. The fraction of sp³-hybridized carbons (Fsp3) is 0. The molecule has 0 spiro atoms. The normalized spacial score (nSPS) is 14.1. The van der Waals surface area contributed by atoms with Crippen LogP contribution in [0, 0.1) is 0 Å². The predicted octanol–water partition coefficient (Wildman–Crippen LogP) is 4.21. The van der Waals surface area contributed by atoms with E-state index in [1.54, 1.807) is 0 Å². The lowest BCUT2D eigenvalue weighted by Crippen LogP contribution is -2.62. The van der Waals surface area contributed by atoms with Gasteiger partial charge in [0.1, 0.15) is 40.3 Å². The minimum Gasteiger partial charge on any atom is -0.460 e. The highest BCUT2D eigenvalue weighted by atomic mass is 27.2. The van der Waals surface area contributed by atoms with Gasteiger partial charge in [0.05, 0.1) is 0 Å². The van der Waals surface area contributed by atoms with Gasteiger partial charge in [-0.2, -0.15) is 0 Å². The summed E-state index contributed by atoms with van der Waals surface area (Å²) in [5.41, 5.74) is 2.23. The Bertz CT molecular complexity index is 2120. The van der Waals surface area contributed by atoms with Crippen LogP contribution in [0.25, 0.3) is 0 Å². The van der Waals surface area contributed by atoms with Crippen LogP contribution in [0.5, 0.6) is 34.5 Å². The molecule has 0 atom stereocenters. The van der Waals surface area contributed by atoms with Gasteiger partial charge in [-0.1, -0.05) is 80.0 Å². The smallest absolute Gasteiger partial charge is 0.435 e. The van der Waals surface area contributed by atoms with Gasteiger partial charge in [0.15, 0.2) is 0 Å². The first-order valence-electron chi connectivity index (χ1n) is 14.2. The van der Waals surface area contributed by atoms with Crippen molar-refractivity contribution in [2.24, 2.45) is 0 Å². The van der Waals surface area contributed by atoms with Crippen molar-refractivity contribution in [3.8, 4) is 34.5 Å². The lowest BCUT2D eigenvalue weighted by Gasteiger charge is -2.40. The Morgan fingerprint density at radius 3 is 1.79 bits per heavy atom. The molecule has 0 amide bonds. The summed E-state index contributed by atoms with van der Waals surface area (Å²) in [6.45, 7) is 0. The molecule has 7 heteroatoms. The van der Waals surface area contributed by atoms with Crippen LogP contribution in [-0.2, 0) is 0 Å². The summed E-state index contributed by atoms with van der Waals surface area (Å²) in [5.74, 6) is 6.45. The molecule has 0 unspecified atom stereocenters. The van der Waals surface area contributed by atoms with E-state index in [2.05, 4.69) is 114 Å². The molecule has 5 aromatic carbocycles. The molecule has 5 heterocycles. The Morgan fingerprint density at radius 1 is 0.476 bits per heavy atom. The SMILES string of the molecule is c1ccc(N2c3cccc4[c]3[Al]([c]3ccccc3O4)[c]3cc4[c](nc32)[Al]2[c]3ccccc3Oc3cccc([c]32)O4)cc1. The second kappa shape index (κ2) is 8.52. The topological polar surface area (TPSA) is 43.8 Å². The summed E-state index contributed by atoms with van der Waals surface area (Å²) >= 11 is -3.96. The molecule has 10 rings (SSSR count). The third-order valence-corrected chi connectivity index (χ3v) is 15.4. The van der Waals surface area contributed by atoms with E-state index < -0.39 is 28.3 Å². The van der Waals surface area contributed by atoms with Crippen LogP contribution in [0.4, 0.5) is 17.2 Å². The number of benzene rings is 5. The third kappa shape index (κ3) is 3.06. The van der Waals surface area contributed by atoms with Gasteiger partial charge in [0.25, 0.3) is 0 Å². The van der Waals surface area contributed by atoms with E-state index in [9.17, 15) is 0 Å². The highest BCUT2D eigenvalue weighted by Crippen LogP contribution is 2.41. The minimum absolute atomic E-state index is 0.872. The summed E-state index contributed by atoms with van der Waals surface area (Å²) in [6, 6.07) is 42.4. The fourth-order valence-electron chi connectivity index (χ4n) is 7.14. The van der Waals surface area contributed by atoms with E-state index in [1.165, 1.54) is 22.1 Å². The van der Waals surface area contributed by atoms with Gasteiger partial charge >= 0.3 is 28.3 Å². The van der Waals surface area contributed by atoms with Crippen molar-refractivity contribution in [1.82, 2.24) is 4.98 Å². The molecule has 0 fully saturated rings. The quantitative estimate of drug-likeness (QED) is 0.277. The summed E-state index contributed by atoms with van der Waals surface area (Å²) in [4.78, 5) is 7.99. The number of para-hydroxylation sites is 3. The van der Waals surface area contributed by atoms with Crippen LogP contribution in [0.2, 0.25) is 0 Å². The van der Waals surface area contributed by atoms with Gasteiger partial charge in [0, 0.05) is 15.9 Å². The Balaban J connectivity index is 1.29. The van der Waals surface area contributed by atoms with Crippen LogP contribution in [0.15, 0.2) is 121 Å². The molecule has 194 valence electrons. The monoisotopic (exact) mass is 570 g/mol. The van der Waals surface area contributed by atoms with Gasteiger partial charge in [-0.25, -0.2) is 0 Å². The Hall–Kier alpha value is -4.49. The second-order valence-corrected chi connectivity index (χ2v) is 16.4. The summed E-state index contributed by atoms with van der Waals surface area (Å²) in [5, 5.41) is 0. The van der Waals surface area contributed by atoms with Crippen molar-refractivity contribution < 1.29 is 14.2 Å². The molecule has 0 saturated carbocycles. The summed E-state index contributed by atoms with van der Waals surface area (Å²) in [6.07, 6.45) is 0. The largest absolute Gasteiger partial charge is 0.460 e. The molecule has 0 aliphatic carbocycles. The van der Waals surface area contributed by atoms with Crippen LogP contribution in [0.3, 0.4) is 0 Å². The van der Waals surface area contributed by atoms with Crippen molar-refractivity contribution in [1.29, 1.82) is 0 Å². The number of anilines is 3. The molecule has 0 bridgehead atoms. The second-order valence-electron chi connectivity index (χ2n) is 11.1. The van der Waals surface area contributed by atoms with Crippen molar-refractivity contribution in [2.45, 2.75) is 0 Å². The Labute approximate surface area is 251 Å². The van der Waals surface area contributed by atoms with E-state index in [-0.39, 0.29) is 0 Å². The lowest BCUT2D eigenvalue weighted by atomic mass is 10.2. The molecule has 5 nitrogen and oxygen atoms in total. The minimum atomic E-state index is -2.00. The molecule has 4 aliphatic heterocycles. The molecular weight excluding hydrogens is 550 g/mol. The van der Waals surface area contributed by atoms with E-state index in [4.69, 9.17) is 19.2 Å². The van der Waals surface area contributed by atoms with Crippen molar-refractivity contribution in [3.63, 3.8) is 0 Å². The number of pyridine rings is 1. The van der Waals surface area contributed by atoms with Gasteiger partial charge in [-0.05, 0) is 63.4 Å². The molecule has 1 aromatic heterocycles. The zero-order chi connectivity index (χ0) is 27.4. The number of nitrogens with zero attached hydrogens (tertiary/aromatic N) is 2. The lowest BCUT2D eigenvalue weighted by molar-refractivity contribution is 0.463. The third-order valence-electron chi connectivity index (χ3n) is 8.84. The average Bonchev–Trinajstić information content (AvgIpc) is 3.04. The van der Waals surface area contributed by atoms with Crippen molar-refractivity contribution in [2.75, 3.05) is 4.90 Å². The van der Waals surface area contributed by atoms with Crippen LogP contribution in [0.1, 0.15) is 0 Å². The molecule has 0 N–H and O–H groups in total. The molecule has 0 radical (unpaired) electrons. The van der Waals surface area contributed by atoms with Crippen LogP contribution >= 0.6 is 0 Å². The fourth-order valence-corrected chi connectivity index (χ4v) is 13.7. The maximum atomic E-state index is 6.73. The van der Waals surface area contributed by atoms with Crippen molar-refractivity contribution >= 4 is 72.2 Å². The van der Waals surface area contributed by atoms with Crippen LogP contribution < -0.4 is 45.8 Å². The predicted molar refractivity (Wildman–Crippen MR) is 168 cm³/mol. The number of rotatable bonds is 1. The Morgan fingerprint density at radius 2 is 1.05 bits per heavy atom. The highest BCUT2D eigenvalue weighted by molar-refractivity contribution is 7.00. The van der Waals surface area contributed by atoms with Gasteiger partial charge in [-0.3, -0.25) is 9.88 Å². The Kier molecular flexibility index (Phi) is 4.69. The number of hydrogen-bond acceptors (Lipinski definition) is 5. The number of aromatic nitrogens is 1. The van der Waals surface area contributed by atoms with E-state index >= 15 is 0 Å². The maximum Gasteiger partial charge on any atom is 0.435 e. The van der Waals surface area contributed by atoms with Gasteiger partial charge in [-0.15, -0.1) is 0 Å². The first-order valence-corrected chi connectivity index (χ1v) is 17.7. The van der Waals surface area contributed by atoms with Gasteiger partial charge in [0.2, 0.25) is 0 Å². The maximum absolute atomic E-state index is 6.73. The first kappa shape index (κ1) is 23.1. The van der Waals surface area contributed by atoms with Crippen LogP contribution in [-0.4, -0.2) is 33.3 Å². The van der Waals surface area contributed by atoms with Gasteiger partial charge < -0.3 is 14.2 Å². The van der Waals surface area contributed by atoms with E-state index in [0.29, 0.717) is 0 Å². The standard InChI is InChI=1S/C35H20N2O3.2Al/c1-4-12-27(13-5-1)37(28-14-10-19-31(24-28)38-29-15-6-2-7-16-29)35-23-22-34(26-36-35)40-33-21-11-20-32(25-33)39-30-17-8-3-9-18-30;;/h1-15,17,19-22H;;. The molecule has 4 aliphatic rings. The van der Waals surface area contributed by atoms with E-state index in [1.807, 2.05) is 12.1 Å². The highest BCUT2D eigenvalue weighted by Gasteiger charge is 2.48. The summed E-state index contributed by atoms with van der Waals surface area (Å²) in [7, 11) is 0. The van der Waals surface area contributed by atoms with E-state index in [0.717, 1.165) is 56.2 Å². The zero-order valence-corrected chi connectivity index (χ0v) is 24.6. The number of hydrogen-bond donors (Lipinski definition) is 0. The van der Waals surface area contributed by atoms with Crippen molar-refractivity contribution in [3.05, 3.63) is 121 Å². The molecule has 0 saturated heterocycles. The molecular formula is C35H20Al2N2O3. The first-order chi connectivity index (χ1) is 20.8. The number of fused-ring (bicyclic) bond motifs is 8. The average molecular weight is 571 g/mol. The molecule has 42 heavy (non-hydrogen) atoms. The summed E-state index contributed by atoms with van der Waals surface area (Å²) < 4.78 is 26.9.